The summed E-state index contributed by atoms with van der Waals surface area (Å²) in [5.41, 5.74) is 0.833. The molecule has 3 heteroatoms. The van der Waals surface area contributed by atoms with Crippen LogP contribution < -0.4 is 10.9 Å². The lowest BCUT2D eigenvalue weighted by molar-refractivity contribution is 0.610. The second kappa shape index (κ2) is 5.25. The molecule has 1 rings (SSSR count). The number of hydrogen-bond acceptors (Lipinski definition) is 2. The van der Waals surface area contributed by atoms with Crippen LogP contribution in [0.1, 0.15) is 5.56 Å². The Kier molecular flexibility index (Phi) is 3.96. The zero-order chi connectivity index (χ0) is 10.4. The van der Waals surface area contributed by atoms with Gasteiger partial charge in [-0.3, -0.25) is 4.79 Å². The third-order valence-corrected chi connectivity index (χ3v) is 1.97. The van der Waals surface area contributed by atoms with Crippen molar-refractivity contribution in [3.05, 3.63) is 34.2 Å². The first kappa shape index (κ1) is 10.6. The van der Waals surface area contributed by atoms with Crippen LogP contribution >= 0.6 is 0 Å². The monoisotopic (exact) mass is 190 g/mol. The van der Waals surface area contributed by atoms with Crippen LogP contribution in [0.4, 0.5) is 0 Å². The Bertz CT molecular complexity index is 387. The highest BCUT2D eigenvalue weighted by atomic mass is 16.1. The minimum atomic E-state index is 0.0648. The van der Waals surface area contributed by atoms with E-state index < -0.39 is 0 Å². The van der Waals surface area contributed by atoms with Gasteiger partial charge in [0.15, 0.2) is 0 Å². The van der Waals surface area contributed by atoms with E-state index in [4.69, 9.17) is 6.42 Å². The first-order valence-electron chi connectivity index (χ1n) is 4.56. The molecule has 0 spiro atoms. The van der Waals surface area contributed by atoms with Gasteiger partial charge >= 0.3 is 0 Å². The van der Waals surface area contributed by atoms with Gasteiger partial charge in [0.1, 0.15) is 0 Å². The van der Waals surface area contributed by atoms with Crippen molar-refractivity contribution in [3.8, 4) is 12.3 Å². The molecule has 0 aliphatic heterocycles. The predicted octanol–water partition coefficient (Wildman–Crippen LogP) is 0.380. The maximum atomic E-state index is 11.5. The lowest BCUT2D eigenvalue weighted by Gasteiger charge is -2.05. The summed E-state index contributed by atoms with van der Waals surface area (Å²) in [4.78, 5) is 11.5. The van der Waals surface area contributed by atoms with Gasteiger partial charge in [-0.15, -0.1) is 6.42 Å². The van der Waals surface area contributed by atoms with Gasteiger partial charge in [0, 0.05) is 24.8 Å². The van der Waals surface area contributed by atoms with Crippen molar-refractivity contribution in [3.63, 3.8) is 0 Å². The number of pyridine rings is 1. The molecule has 1 heterocycles. The van der Waals surface area contributed by atoms with Crippen LogP contribution in [0.5, 0.6) is 0 Å². The molecule has 3 nitrogen and oxygen atoms in total. The molecular formula is C11H14N2O. The van der Waals surface area contributed by atoms with Gasteiger partial charge < -0.3 is 9.88 Å². The molecule has 1 N–H and O–H groups in total. The van der Waals surface area contributed by atoms with E-state index in [1.54, 1.807) is 10.8 Å². The Hall–Kier alpha value is -1.53. The molecule has 74 valence electrons. The highest BCUT2D eigenvalue weighted by molar-refractivity contribution is 5.07. The third kappa shape index (κ3) is 2.75. The smallest absolute Gasteiger partial charge is 0.253 e. The lowest BCUT2D eigenvalue weighted by Crippen LogP contribution is -2.27. The molecule has 0 aromatic carbocycles. The van der Waals surface area contributed by atoms with Crippen molar-refractivity contribution in [2.75, 3.05) is 13.1 Å². The topological polar surface area (TPSA) is 34.0 Å². The normalized spacial score (nSPS) is 9.71. The Balaban J connectivity index is 2.56. The van der Waals surface area contributed by atoms with Crippen LogP contribution in [0.15, 0.2) is 23.1 Å². The molecule has 0 fully saturated rings. The van der Waals surface area contributed by atoms with E-state index in [-0.39, 0.29) is 5.56 Å². The van der Waals surface area contributed by atoms with Gasteiger partial charge in [0.25, 0.3) is 5.56 Å². The largest absolute Gasteiger partial charge is 0.314 e. The Morgan fingerprint density at radius 1 is 1.64 bits per heavy atom. The van der Waals surface area contributed by atoms with Crippen LogP contribution in [0.3, 0.4) is 0 Å². The van der Waals surface area contributed by atoms with Gasteiger partial charge in [0.05, 0.1) is 6.54 Å². The molecule has 0 bridgehead atoms. The first-order valence-corrected chi connectivity index (χ1v) is 4.56. The summed E-state index contributed by atoms with van der Waals surface area (Å²) in [5, 5.41) is 3.03. The van der Waals surface area contributed by atoms with E-state index in [0.29, 0.717) is 19.6 Å². The van der Waals surface area contributed by atoms with E-state index in [1.807, 2.05) is 19.1 Å². The van der Waals surface area contributed by atoms with Crippen LogP contribution in [0, 0.1) is 19.3 Å². The Labute approximate surface area is 83.8 Å². The van der Waals surface area contributed by atoms with E-state index in [2.05, 4.69) is 11.2 Å². The number of aryl methyl sites for hydroxylation is 1. The van der Waals surface area contributed by atoms with Crippen molar-refractivity contribution in [2.24, 2.45) is 0 Å². The van der Waals surface area contributed by atoms with Crippen molar-refractivity contribution in [1.82, 2.24) is 9.88 Å². The number of nitrogens with zero attached hydrogens (tertiary/aromatic N) is 1. The maximum absolute atomic E-state index is 11.5. The van der Waals surface area contributed by atoms with Crippen molar-refractivity contribution >= 4 is 0 Å². The average molecular weight is 190 g/mol. The van der Waals surface area contributed by atoms with E-state index in [9.17, 15) is 4.79 Å². The molecular weight excluding hydrogens is 176 g/mol. The fraction of sp³-hybridized carbons (Fsp3) is 0.364. The van der Waals surface area contributed by atoms with Crippen molar-refractivity contribution in [1.29, 1.82) is 0 Å². The molecule has 0 aliphatic rings. The van der Waals surface area contributed by atoms with Gasteiger partial charge in [0.2, 0.25) is 0 Å². The van der Waals surface area contributed by atoms with Gasteiger partial charge in [-0.2, -0.15) is 0 Å². The number of hydrogen-bond donors (Lipinski definition) is 1. The third-order valence-electron chi connectivity index (χ3n) is 1.97. The van der Waals surface area contributed by atoms with Crippen LogP contribution in [0.25, 0.3) is 0 Å². The van der Waals surface area contributed by atoms with Crippen molar-refractivity contribution in [2.45, 2.75) is 13.5 Å². The lowest BCUT2D eigenvalue weighted by atomic mass is 10.3. The number of rotatable bonds is 4. The molecule has 1 aromatic heterocycles. The summed E-state index contributed by atoms with van der Waals surface area (Å²) in [6.45, 7) is 3.73. The molecule has 0 radical (unpaired) electrons. The molecule has 0 saturated carbocycles. The SMILES string of the molecule is C#CCNCCn1cccc(C)c1=O. The van der Waals surface area contributed by atoms with Gasteiger partial charge in [-0.25, -0.2) is 0 Å². The summed E-state index contributed by atoms with van der Waals surface area (Å²) < 4.78 is 1.68. The average Bonchev–Trinajstić information content (AvgIpc) is 2.19. The molecule has 0 atom stereocenters. The zero-order valence-corrected chi connectivity index (χ0v) is 8.29. The highest BCUT2D eigenvalue weighted by Gasteiger charge is 1.96. The molecule has 0 unspecified atom stereocenters. The van der Waals surface area contributed by atoms with Crippen molar-refractivity contribution < 1.29 is 0 Å². The van der Waals surface area contributed by atoms with E-state index >= 15 is 0 Å². The Morgan fingerprint density at radius 3 is 3.14 bits per heavy atom. The van der Waals surface area contributed by atoms with Gasteiger partial charge in [-0.05, 0) is 13.0 Å². The minimum Gasteiger partial charge on any atom is -0.314 e. The number of terminal acetylenes is 1. The molecule has 0 saturated heterocycles. The fourth-order valence-electron chi connectivity index (χ4n) is 1.19. The number of aromatic nitrogens is 1. The van der Waals surface area contributed by atoms with E-state index in [1.165, 1.54) is 0 Å². The van der Waals surface area contributed by atoms with Crippen LogP contribution in [-0.2, 0) is 6.54 Å². The zero-order valence-electron chi connectivity index (χ0n) is 8.29. The second-order valence-corrected chi connectivity index (χ2v) is 3.07. The quantitative estimate of drug-likeness (QED) is 0.550. The summed E-state index contributed by atoms with van der Waals surface area (Å²) in [6, 6.07) is 3.69. The maximum Gasteiger partial charge on any atom is 0.253 e. The second-order valence-electron chi connectivity index (χ2n) is 3.07. The first-order chi connectivity index (χ1) is 6.75. The van der Waals surface area contributed by atoms with E-state index in [0.717, 1.165) is 5.56 Å². The Morgan fingerprint density at radius 2 is 2.43 bits per heavy atom. The van der Waals surface area contributed by atoms with Crippen LogP contribution in [0.2, 0.25) is 0 Å². The van der Waals surface area contributed by atoms with Gasteiger partial charge in [-0.1, -0.05) is 12.0 Å². The molecule has 14 heavy (non-hydrogen) atoms. The number of nitrogens with one attached hydrogen (secondary N) is 1. The summed E-state index contributed by atoms with van der Waals surface area (Å²) in [6.07, 6.45) is 6.87. The summed E-state index contributed by atoms with van der Waals surface area (Å²) in [7, 11) is 0. The molecule has 0 amide bonds. The summed E-state index contributed by atoms with van der Waals surface area (Å²) >= 11 is 0. The standard InChI is InChI=1S/C11H14N2O/c1-3-6-12-7-9-13-8-4-5-10(2)11(13)14/h1,4-5,8,12H,6-7,9H2,2H3. The summed E-state index contributed by atoms with van der Waals surface area (Å²) in [5.74, 6) is 2.48. The molecule has 0 aliphatic carbocycles. The predicted molar refractivity (Wildman–Crippen MR) is 57.1 cm³/mol. The molecule has 1 aromatic rings. The minimum absolute atomic E-state index is 0.0648. The van der Waals surface area contributed by atoms with Crippen LogP contribution in [-0.4, -0.2) is 17.7 Å². The fourth-order valence-corrected chi connectivity index (χ4v) is 1.19. The highest BCUT2D eigenvalue weighted by Crippen LogP contribution is 1.88.